The van der Waals surface area contributed by atoms with Crippen molar-refractivity contribution in [3.05, 3.63) is 59.7 Å². The first-order valence-corrected chi connectivity index (χ1v) is 10.3. The molecular formula is C25H30N2O6. The molecule has 0 aliphatic carbocycles. The quantitative estimate of drug-likeness (QED) is 0.507. The number of hydrogen-bond donors (Lipinski definition) is 2. The summed E-state index contributed by atoms with van der Waals surface area (Å²) in [5, 5.41) is 5.57. The minimum Gasteiger partial charge on any atom is -0.493 e. The lowest BCUT2D eigenvalue weighted by molar-refractivity contribution is -0.118. The Hall–Kier alpha value is -3.94. The molecule has 8 nitrogen and oxygen atoms in total. The van der Waals surface area contributed by atoms with Gasteiger partial charge in [0.25, 0.3) is 0 Å². The summed E-state index contributed by atoms with van der Waals surface area (Å²) in [7, 11) is 6.23. The molecule has 2 N–H and O–H groups in total. The van der Waals surface area contributed by atoms with Gasteiger partial charge in [-0.05, 0) is 54.5 Å². The van der Waals surface area contributed by atoms with Gasteiger partial charge in [0.2, 0.25) is 11.8 Å². The Morgan fingerprint density at radius 2 is 1.21 bits per heavy atom. The molecule has 0 bridgehead atoms. The van der Waals surface area contributed by atoms with Gasteiger partial charge < -0.3 is 29.6 Å². The van der Waals surface area contributed by atoms with Crippen LogP contribution in [0.1, 0.15) is 18.1 Å². The molecule has 0 saturated carbocycles. The van der Waals surface area contributed by atoms with Gasteiger partial charge in [0.1, 0.15) is 0 Å². The summed E-state index contributed by atoms with van der Waals surface area (Å²) in [5.74, 6) is 1.85. The number of carbonyl (C=O) groups excluding carboxylic acids is 2. The maximum absolute atomic E-state index is 12.2. The van der Waals surface area contributed by atoms with Crippen molar-refractivity contribution < 1.29 is 28.5 Å². The Morgan fingerprint density at radius 3 is 1.67 bits per heavy atom. The van der Waals surface area contributed by atoms with Crippen LogP contribution in [0.25, 0.3) is 12.2 Å². The molecular weight excluding hydrogens is 424 g/mol. The average Bonchev–Trinajstić information content (AvgIpc) is 2.84. The van der Waals surface area contributed by atoms with Gasteiger partial charge in [0.15, 0.2) is 23.0 Å². The zero-order chi connectivity index (χ0) is 24.2. The fourth-order valence-electron chi connectivity index (χ4n) is 2.91. The van der Waals surface area contributed by atoms with Crippen molar-refractivity contribution in [2.45, 2.75) is 13.0 Å². The maximum Gasteiger partial charge on any atom is 0.244 e. The lowest BCUT2D eigenvalue weighted by Gasteiger charge is -2.13. The highest BCUT2D eigenvalue weighted by molar-refractivity contribution is 5.93. The summed E-state index contributed by atoms with van der Waals surface area (Å²) >= 11 is 0. The molecule has 0 aliphatic heterocycles. The van der Waals surface area contributed by atoms with Crippen LogP contribution >= 0.6 is 0 Å². The molecule has 8 heteroatoms. The van der Waals surface area contributed by atoms with E-state index in [9.17, 15) is 9.59 Å². The minimum atomic E-state index is -0.272. The van der Waals surface area contributed by atoms with Gasteiger partial charge in [-0.2, -0.15) is 0 Å². The molecule has 0 radical (unpaired) electrons. The van der Waals surface area contributed by atoms with E-state index in [4.69, 9.17) is 18.9 Å². The SMILES string of the molecule is COc1ccc(/C=C/C(=O)NC[C@@H](C)NC(=O)/C=C/c2ccc(OC)c(OC)c2)cc1OC. The second-order valence-electron chi connectivity index (χ2n) is 7.05. The molecule has 2 aromatic carbocycles. The minimum absolute atomic E-state index is 0.258. The van der Waals surface area contributed by atoms with Crippen LogP contribution in [-0.2, 0) is 9.59 Å². The van der Waals surface area contributed by atoms with E-state index in [-0.39, 0.29) is 24.4 Å². The third kappa shape index (κ3) is 7.92. The van der Waals surface area contributed by atoms with Gasteiger partial charge in [-0.25, -0.2) is 0 Å². The fraction of sp³-hybridized carbons (Fsp3) is 0.280. The third-order valence-electron chi connectivity index (χ3n) is 4.64. The van der Waals surface area contributed by atoms with Crippen molar-refractivity contribution in [1.82, 2.24) is 10.6 Å². The predicted molar refractivity (Wildman–Crippen MR) is 128 cm³/mol. The number of amides is 2. The van der Waals surface area contributed by atoms with Gasteiger partial charge >= 0.3 is 0 Å². The Morgan fingerprint density at radius 1 is 0.758 bits per heavy atom. The Labute approximate surface area is 194 Å². The van der Waals surface area contributed by atoms with Crippen LogP contribution in [0, 0.1) is 0 Å². The van der Waals surface area contributed by atoms with E-state index in [1.807, 2.05) is 12.1 Å². The van der Waals surface area contributed by atoms with E-state index >= 15 is 0 Å². The zero-order valence-electron chi connectivity index (χ0n) is 19.5. The number of benzene rings is 2. The second-order valence-corrected chi connectivity index (χ2v) is 7.05. The second kappa shape index (κ2) is 12.8. The summed E-state index contributed by atoms with van der Waals surface area (Å²) in [6.07, 6.45) is 6.20. The highest BCUT2D eigenvalue weighted by Gasteiger charge is 2.07. The summed E-state index contributed by atoms with van der Waals surface area (Å²) < 4.78 is 20.9. The molecule has 0 fully saturated rings. The smallest absolute Gasteiger partial charge is 0.244 e. The molecule has 0 aliphatic rings. The molecule has 0 spiro atoms. The van der Waals surface area contributed by atoms with Gasteiger partial charge in [-0.15, -0.1) is 0 Å². The van der Waals surface area contributed by atoms with Crippen LogP contribution in [0.5, 0.6) is 23.0 Å². The van der Waals surface area contributed by atoms with E-state index in [2.05, 4.69) is 10.6 Å². The van der Waals surface area contributed by atoms with Crippen molar-refractivity contribution in [3.63, 3.8) is 0 Å². The van der Waals surface area contributed by atoms with E-state index in [0.717, 1.165) is 11.1 Å². The Balaban J connectivity index is 1.82. The molecule has 2 rings (SSSR count). The van der Waals surface area contributed by atoms with Crippen LogP contribution in [0.4, 0.5) is 0 Å². The molecule has 33 heavy (non-hydrogen) atoms. The number of ether oxygens (including phenoxy) is 4. The lowest BCUT2D eigenvalue weighted by atomic mass is 10.2. The first-order valence-electron chi connectivity index (χ1n) is 10.3. The van der Waals surface area contributed by atoms with Crippen LogP contribution in [0.2, 0.25) is 0 Å². The van der Waals surface area contributed by atoms with Gasteiger partial charge in [-0.3, -0.25) is 9.59 Å². The molecule has 1 atom stereocenters. The van der Waals surface area contributed by atoms with Crippen LogP contribution in [0.3, 0.4) is 0 Å². The van der Waals surface area contributed by atoms with Gasteiger partial charge in [0, 0.05) is 24.7 Å². The average molecular weight is 455 g/mol. The number of rotatable bonds is 11. The lowest BCUT2D eigenvalue weighted by Crippen LogP contribution is -2.40. The van der Waals surface area contributed by atoms with Crippen LogP contribution in [0.15, 0.2) is 48.6 Å². The van der Waals surface area contributed by atoms with Crippen molar-refractivity contribution in [1.29, 1.82) is 0 Å². The molecule has 0 heterocycles. The standard InChI is InChI=1S/C25H30N2O6/c1-17(27-25(29)13-9-19-7-11-21(31-3)23(15-19)33-5)16-26-24(28)12-8-18-6-10-20(30-2)22(14-18)32-4/h6-15,17H,16H2,1-5H3,(H,26,28)(H,27,29)/b12-8+,13-9+/t17-/m1/s1. The van der Waals surface area contributed by atoms with E-state index < -0.39 is 0 Å². The Kier molecular flexibility index (Phi) is 9.82. The predicted octanol–water partition coefficient (Wildman–Crippen LogP) is 3.07. The highest BCUT2D eigenvalue weighted by atomic mass is 16.5. The topological polar surface area (TPSA) is 95.1 Å². The van der Waals surface area contributed by atoms with Crippen molar-refractivity contribution in [2.75, 3.05) is 35.0 Å². The van der Waals surface area contributed by atoms with E-state index in [0.29, 0.717) is 23.0 Å². The molecule has 176 valence electrons. The number of carbonyl (C=O) groups is 2. The number of nitrogens with one attached hydrogen (secondary N) is 2. The number of methoxy groups -OCH3 is 4. The van der Waals surface area contributed by atoms with Crippen molar-refractivity contribution >= 4 is 24.0 Å². The normalized spacial score (nSPS) is 11.8. The first-order chi connectivity index (χ1) is 15.9. The van der Waals surface area contributed by atoms with E-state index in [1.165, 1.54) is 12.2 Å². The molecule has 0 saturated heterocycles. The van der Waals surface area contributed by atoms with Crippen molar-refractivity contribution in [2.24, 2.45) is 0 Å². The van der Waals surface area contributed by atoms with Crippen molar-refractivity contribution in [3.8, 4) is 23.0 Å². The molecule has 2 amide bonds. The van der Waals surface area contributed by atoms with Crippen LogP contribution < -0.4 is 29.6 Å². The number of hydrogen-bond acceptors (Lipinski definition) is 6. The molecule has 2 aromatic rings. The largest absolute Gasteiger partial charge is 0.493 e. The summed E-state index contributed by atoms with van der Waals surface area (Å²) in [5.41, 5.74) is 1.59. The maximum atomic E-state index is 12.2. The highest BCUT2D eigenvalue weighted by Crippen LogP contribution is 2.28. The Bertz CT molecular complexity index is 1020. The van der Waals surface area contributed by atoms with Gasteiger partial charge in [0.05, 0.1) is 28.4 Å². The zero-order valence-corrected chi connectivity index (χ0v) is 19.5. The summed E-state index contributed by atoms with van der Waals surface area (Å²) in [6.45, 7) is 2.09. The van der Waals surface area contributed by atoms with Crippen LogP contribution in [-0.4, -0.2) is 52.8 Å². The monoisotopic (exact) mass is 454 g/mol. The molecule has 0 aromatic heterocycles. The summed E-state index contributed by atoms with van der Waals surface area (Å²) in [6, 6.07) is 10.5. The van der Waals surface area contributed by atoms with E-state index in [1.54, 1.807) is 71.8 Å². The molecule has 0 unspecified atom stereocenters. The van der Waals surface area contributed by atoms with Gasteiger partial charge in [-0.1, -0.05) is 12.1 Å². The summed E-state index contributed by atoms with van der Waals surface area (Å²) in [4.78, 5) is 24.3. The third-order valence-corrected chi connectivity index (χ3v) is 4.64. The fourth-order valence-corrected chi connectivity index (χ4v) is 2.91. The first kappa shape index (κ1) is 25.3.